The van der Waals surface area contributed by atoms with Crippen LogP contribution >= 0.6 is 0 Å². The zero-order valence-corrected chi connectivity index (χ0v) is 18.0. The Morgan fingerprint density at radius 3 is 2.69 bits per heavy atom. The first kappa shape index (κ1) is 22.3. The number of fused-ring (bicyclic) bond motifs is 1. The summed E-state index contributed by atoms with van der Waals surface area (Å²) in [5.41, 5.74) is 1.97. The van der Waals surface area contributed by atoms with Crippen molar-refractivity contribution in [2.24, 2.45) is 0 Å². The van der Waals surface area contributed by atoms with Crippen molar-refractivity contribution < 1.29 is 19.7 Å². The largest absolute Gasteiger partial charge is 0.390 e. The summed E-state index contributed by atoms with van der Waals surface area (Å²) in [6.45, 7) is 2.52. The third kappa shape index (κ3) is 5.10. The molecule has 2 aliphatic rings. The molecule has 7 heteroatoms. The Labute approximate surface area is 187 Å². The van der Waals surface area contributed by atoms with Crippen LogP contribution in [0, 0.1) is 11.3 Å². The highest BCUT2D eigenvalue weighted by molar-refractivity contribution is 6.02. The Bertz CT molecular complexity index is 1040. The molecule has 0 spiro atoms. The number of anilines is 1. The molecule has 0 saturated carbocycles. The van der Waals surface area contributed by atoms with Crippen LogP contribution in [0.3, 0.4) is 0 Å². The number of nitrogens with zero attached hydrogens (tertiary/aromatic N) is 2. The van der Waals surface area contributed by atoms with E-state index in [1.807, 2.05) is 24.3 Å². The Morgan fingerprint density at radius 1 is 1.16 bits per heavy atom. The van der Waals surface area contributed by atoms with Gasteiger partial charge in [-0.15, -0.1) is 0 Å². The van der Waals surface area contributed by atoms with Gasteiger partial charge >= 0.3 is 0 Å². The van der Waals surface area contributed by atoms with Gasteiger partial charge in [-0.25, -0.2) is 0 Å². The van der Waals surface area contributed by atoms with E-state index in [0.717, 1.165) is 29.4 Å². The number of carbonyl (C=O) groups excluding carboxylic acids is 1. The molecule has 0 aliphatic carbocycles. The number of amides is 1. The van der Waals surface area contributed by atoms with Crippen molar-refractivity contribution in [1.29, 1.82) is 5.26 Å². The lowest BCUT2D eigenvalue weighted by Gasteiger charge is -2.31. The SMILES string of the molecule is N#C/C(=C\c1ccc2cc(N3CCCCC3)ccc2c1)C(=O)NC[C@H]1OCC[C@@H](O)[C@@H]1O. The van der Waals surface area contributed by atoms with Crippen molar-refractivity contribution in [3.8, 4) is 6.07 Å². The number of nitrogens with one attached hydrogen (secondary N) is 1. The van der Waals surface area contributed by atoms with E-state index < -0.39 is 24.2 Å². The molecule has 1 amide bonds. The third-order valence-electron chi connectivity index (χ3n) is 6.23. The number of piperidine rings is 1. The first-order valence-electron chi connectivity index (χ1n) is 11.2. The number of nitriles is 1. The summed E-state index contributed by atoms with van der Waals surface area (Å²) in [5.74, 6) is -0.538. The minimum Gasteiger partial charge on any atom is -0.390 e. The van der Waals surface area contributed by atoms with Gasteiger partial charge in [0.25, 0.3) is 5.91 Å². The Hall–Kier alpha value is -2.92. The first-order valence-corrected chi connectivity index (χ1v) is 11.2. The maximum Gasteiger partial charge on any atom is 0.262 e. The molecule has 168 valence electrons. The standard InChI is InChI=1S/C25H29N3O4/c26-15-20(25(31)27-16-23-24(30)22(29)8-11-32-23)13-17-4-5-19-14-21(7-6-18(19)12-17)28-9-2-1-3-10-28/h4-7,12-14,22-24,29-30H,1-3,8-11,16H2,(H,27,31)/b20-13+/t22-,23-,24+/m1/s1. The molecule has 2 aliphatic heterocycles. The van der Waals surface area contributed by atoms with Crippen LogP contribution in [-0.2, 0) is 9.53 Å². The zero-order valence-electron chi connectivity index (χ0n) is 18.0. The van der Waals surface area contributed by atoms with E-state index in [1.54, 1.807) is 6.08 Å². The summed E-state index contributed by atoms with van der Waals surface area (Å²) in [4.78, 5) is 14.9. The van der Waals surface area contributed by atoms with Gasteiger partial charge in [-0.2, -0.15) is 5.26 Å². The fourth-order valence-electron chi connectivity index (χ4n) is 4.33. The second kappa shape index (κ2) is 10.1. The maximum atomic E-state index is 12.5. The zero-order chi connectivity index (χ0) is 22.5. The van der Waals surface area contributed by atoms with Gasteiger partial charge in [0.15, 0.2) is 0 Å². The summed E-state index contributed by atoms with van der Waals surface area (Å²) in [6, 6.07) is 14.2. The summed E-state index contributed by atoms with van der Waals surface area (Å²) >= 11 is 0. The molecule has 2 aromatic carbocycles. The van der Waals surface area contributed by atoms with Crippen LogP contribution in [0.25, 0.3) is 16.8 Å². The number of ether oxygens (including phenoxy) is 1. The highest BCUT2D eigenvalue weighted by atomic mass is 16.5. The molecule has 0 unspecified atom stereocenters. The normalized spacial score (nSPS) is 24.2. The van der Waals surface area contributed by atoms with Gasteiger partial charge in [-0.3, -0.25) is 4.79 Å². The van der Waals surface area contributed by atoms with Gasteiger partial charge in [0.1, 0.15) is 23.9 Å². The summed E-state index contributed by atoms with van der Waals surface area (Å²) in [7, 11) is 0. The quantitative estimate of drug-likeness (QED) is 0.492. The number of benzene rings is 2. The van der Waals surface area contributed by atoms with E-state index >= 15 is 0 Å². The van der Waals surface area contributed by atoms with E-state index in [-0.39, 0.29) is 12.1 Å². The van der Waals surface area contributed by atoms with E-state index in [2.05, 4.69) is 28.4 Å². The van der Waals surface area contributed by atoms with Gasteiger partial charge in [0, 0.05) is 31.9 Å². The molecule has 3 atom stereocenters. The summed E-state index contributed by atoms with van der Waals surface area (Å²) < 4.78 is 5.41. The Balaban J connectivity index is 1.45. The minimum absolute atomic E-state index is 0.0209. The Kier molecular flexibility index (Phi) is 7.05. The van der Waals surface area contributed by atoms with Gasteiger partial charge in [-0.1, -0.05) is 18.2 Å². The Morgan fingerprint density at radius 2 is 1.91 bits per heavy atom. The molecule has 0 radical (unpaired) electrons. The molecule has 32 heavy (non-hydrogen) atoms. The molecular weight excluding hydrogens is 406 g/mol. The first-order chi connectivity index (χ1) is 15.5. The van der Waals surface area contributed by atoms with Gasteiger partial charge in [-0.05, 0) is 66.3 Å². The molecule has 0 bridgehead atoms. The van der Waals surface area contributed by atoms with E-state index in [1.165, 1.54) is 24.9 Å². The van der Waals surface area contributed by atoms with Gasteiger partial charge < -0.3 is 25.2 Å². The topological polar surface area (TPSA) is 106 Å². The molecule has 2 saturated heterocycles. The summed E-state index contributed by atoms with van der Waals surface area (Å²) in [5, 5.41) is 34.0. The molecule has 4 rings (SSSR count). The van der Waals surface area contributed by atoms with Crippen LogP contribution in [0.1, 0.15) is 31.2 Å². The number of hydrogen-bond acceptors (Lipinski definition) is 6. The van der Waals surface area contributed by atoms with Crippen molar-refractivity contribution in [2.45, 2.75) is 44.0 Å². The number of aliphatic hydroxyl groups excluding tert-OH is 2. The monoisotopic (exact) mass is 435 g/mol. The van der Waals surface area contributed by atoms with Crippen LogP contribution in [0.15, 0.2) is 42.0 Å². The fraction of sp³-hybridized carbons (Fsp3) is 0.440. The predicted octanol–water partition coefficient (Wildman–Crippen LogP) is 2.36. The van der Waals surface area contributed by atoms with Crippen molar-refractivity contribution in [3.05, 3.63) is 47.5 Å². The van der Waals surface area contributed by atoms with Crippen molar-refractivity contribution in [2.75, 3.05) is 31.1 Å². The lowest BCUT2D eigenvalue weighted by Crippen LogP contribution is -2.50. The minimum atomic E-state index is -1.06. The van der Waals surface area contributed by atoms with Crippen molar-refractivity contribution >= 4 is 28.4 Å². The highest BCUT2D eigenvalue weighted by Crippen LogP contribution is 2.26. The van der Waals surface area contributed by atoms with Crippen molar-refractivity contribution in [3.63, 3.8) is 0 Å². The molecule has 2 fully saturated rings. The molecular formula is C25H29N3O4. The van der Waals surface area contributed by atoms with Crippen LogP contribution in [0.4, 0.5) is 5.69 Å². The lowest BCUT2D eigenvalue weighted by atomic mass is 10.0. The number of aliphatic hydroxyl groups is 2. The predicted molar refractivity (Wildman–Crippen MR) is 123 cm³/mol. The molecule has 0 aromatic heterocycles. The second-order valence-corrected chi connectivity index (χ2v) is 8.47. The summed E-state index contributed by atoms with van der Waals surface area (Å²) in [6.07, 6.45) is 3.04. The average Bonchev–Trinajstić information content (AvgIpc) is 2.83. The molecule has 2 heterocycles. The van der Waals surface area contributed by atoms with E-state index in [0.29, 0.717) is 13.0 Å². The van der Waals surface area contributed by atoms with Crippen LogP contribution in [-0.4, -0.2) is 60.7 Å². The van der Waals surface area contributed by atoms with Gasteiger partial charge in [0.2, 0.25) is 0 Å². The molecule has 7 nitrogen and oxygen atoms in total. The molecule has 3 N–H and O–H groups in total. The van der Waals surface area contributed by atoms with E-state index in [4.69, 9.17) is 4.74 Å². The van der Waals surface area contributed by atoms with Gasteiger partial charge in [0.05, 0.1) is 6.10 Å². The third-order valence-corrected chi connectivity index (χ3v) is 6.23. The van der Waals surface area contributed by atoms with Crippen molar-refractivity contribution in [1.82, 2.24) is 5.32 Å². The smallest absolute Gasteiger partial charge is 0.262 e. The maximum absolute atomic E-state index is 12.5. The number of hydrogen-bond donors (Lipinski definition) is 3. The van der Waals surface area contributed by atoms with E-state index in [9.17, 15) is 20.3 Å². The number of rotatable bonds is 5. The molecule has 2 aromatic rings. The van der Waals surface area contributed by atoms with Crippen LogP contribution < -0.4 is 10.2 Å². The number of carbonyl (C=O) groups is 1. The van der Waals surface area contributed by atoms with Crippen LogP contribution in [0.2, 0.25) is 0 Å². The lowest BCUT2D eigenvalue weighted by molar-refractivity contribution is -0.136. The fourth-order valence-corrected chi connectivity index (χ4v) is 4.33. The second-order valence-electron chi connectivity index (χ2n) is 8.47. The average molecular weight is 436 g/mol. The highest BCUT2D eigenvalue weighted by Gasteiger charge is 2.31. The van der Waals surface area contributed by atoms with Crippen LogP contribution in [0.5, 0.6) is 0 Å².